The van der Waals surface area contributed by atoms with Crippen LogP contribution >= 0.6 is 0 Å². The predicted molar refractivity (Wildman–Crippen MR) is 83.9 cm³/mol. The van der Waals surface area contributed by atoms with Gasteiger partial charge in [-0.3, -0.25) is 14.4 Å². The second kappa shape index (κ2) is 5.18. The Morgan fingerprint density at radius 2 is 1.95 bits per heavy atom. The lowest BCUT2D eigenvalue weighted by Gasteiger charge is -2.46. The summed E-state index contributed by atoms with van der Waals surface area (Å²) in [6.45, 7) is 1.49. The van der Waals surface area contributed by atoms with Gasteiger partial charge in [0.15, 0.2) is 5.78 Å². The Bertz CT molecular complexity index is 710. The number of carbonyl (C=O) groups excluding carboxylic acids is 1. The van der Waals surface area contributed by atoms with E-state index in [9.17, 15) is 4.79 Å². The summed E-state index contributed by atoms with van der Waals surface area (Å²) in [5, 5.41) is 5.48. The van der Waals surface area contributed by atoms with Crippen molar-refractivity contribution >= 4 is 16.7 Å². The van der Waals surface area contributed by atoms with E-state index in [2.05, 4.69) is 17.0 Å². The topological polar surface area (TPSA) is 47.4 Å². The first-order valence-corrected chi connectivity index (χ1v) is 7.89. The second-order valence-corrected chi connectivity index (χ2v) is 6.62. The van der Waals surface area contributed by atoms with Crippen LogP contribution < -0.4 is 0 Å². The fraction of sp³-hybridized carbons (Fsp3) is 0.529. The van der Waals surface area contributed by atoms with E-state index in [1.165, 1.54) is 0 Å². The molecule has 2 fully saturated rings. The second-order valence-electron chi connectivity index (χ2n) is 6.62. The Morgan fingerprint density at radius 3 is 2.68 bits per heavy atom. The zero-order valence-corrected chi connectivity index (χ0v) is 13.0. The lowest BCUT2D eigenvalue weighted by molar-refractivity contribution is -0.0702. The Hall–Kier alpha value is -1.72. The molecular formula is C17H21N3O2. The van der Waals surface area contributed by atoms with Crippen LogP contribution in [0.1, 0.15) is 23.2 Å². The van der Waals surface area contributed by atoms with Crippen LogP contribution in [0.2, 0.25) is 0 Å². The lowest BCUT2D eigenvalue weighted by Crippen LogP contribution is -2.55. The minimum atomic E-state index is 0.108. The summed E-state index contributed by atoms with van der Waals surface area (Å²) < 4.78 is 7.42. The third kappa shape index (κ3) is 2.25. The number of fused-ring (bicyclic) bond motifs is 3. The van der Waals surface area contributed by atoms with Gasteiger partial charge in [0.05, 0.1) is 18.7 Å². The number of ether oxygens (including phenoxy) is 1. The number of hydrogen-bond donors (Lipinski definition) is 0. The van der Waals surface area contributed by atoms with E-state index >= 15 is 0 Å². The van der Waals surface area contributed by atoms with Crippen molar-refractivity contribution in [3.63, 3.8) is 0 Å². The summed E-state index contributed by atoms with van der Waals surface area (Å²) in [5.74, 6) is 0.369. The van der Waals surface area contributed by atoms with E-state index in [0.717, 1.165) is 42.5 Å². The first-order valence-electron chi connectivity index (χ1n) is 7.89. The quantitative estimate of drug-likeness (QED) is 0.794. The highest BCUT2D eigenvalue weighted by Crippen LogP contribution is 2.32. The maximum Gasteiger partial charge on any atom is 0.166 e. The number of hydrogen-bond acceptors (Lipinski definition) is 4. The number of morpholine rings is 1. The standard InChI is InChI=1S/C17H21N3O2/c1-19-8-12-4-3-11(7-16(12)18-19)17(21)13-5-14-9-22-10-15(6-13)20(14)2/h3-4,7-8,13-15H,5-6,9-10H2,1-2H3. The Balaban J connectivity index is 1.60. The number of rotatable bonds is 2. The van der Waals surface area contributed by atoms with Crippen LogP contribution in [0.4, 0.5) is 0 Å². The largest absolute Gasteiger partial charge is 0.378 e. The molecule has 0 aliphatic carbocycles. The number of ketones is 1. The molecule has 22 heavy (non-hydrogen) atoms. The van der Waals surface area contributed by atoms with Crippen LogP contribution in [-0.4, -0.2) is 52.8 Å². The highest BCUT2D eigenvalue weighted by Gasteiger charge is 2.39. The highest BCUT2D eigenvalue weighted by molar-refractivity contribution is 6.00. The molecule has 2 aromatic rings. The monoisotopic (exact) mass is 299 g/mol. The van der Waals surface area contributed by atoms with Crippen molar-refractivity contribution in [1.82, 2.24) is 14.7 Å². The van der Waals surface area contributed by atoms with Crippen LogP contribution in [0.5, 0.6) is 0 Å². The molecule has 0 spiro atoms. The number of benzene rings is 1. The molecule has 4 rings (SSSR count). The Kier molecular flexibility index (Phi) is 3.27. The average molecular weight is 299 g/mol. The molecule has 1 aromatic heterocycles. The van der Waals surface area contributed by atoms with E-state index < -0.39 is 0 Å². The fourth-order valence-electron chi connectivity index (χ4n) is 3.84. The molecule has 1 aromatic carbocycles. The molecule has 2 unspecified atom stereocenters. The van der Waals surface area contributed by atoms with Gasteiger partial charge in [-0.25, -0.2) is 0 Å². The Morgan fingerprint density at radius 1 is 1.23 bits per heavy atom. The molecule has 0 N–H and O–H groups in total. The van der Waals surface area contributed by atoms with Gasteiger partial charge in [-0.2, -0.15) is 5.10 Å². The van der Waals surface area contributed by atoms with Gasteiger partial charge in [-0.05, 0) is 26.0 Å². The minimum Gasteiger partial charge on any atom is -0.378 e. The number of aryl methyl sites for hydroxylation is 1. The van der Waals surface area contributed by atoms with Gasteiger partial charge in [0.2, 0.25) is 0 Å². The SMILES string of the molecule is CN1C2COCC1CC(C(=O)c1ccc3cn(C)nc3c1)C2. The van der Waals surface area contributed by atoms with E-state index in [4.69, 9.17) is 4.74 Å². The van der Waals surface area contributed by atoms with Crippen molar-refractivity contribution in [3.05, 3.63) is 30.0 Å². The van der Waals surface area contributed by atoms with Crippen molar-refractivity contribution in [3.8, 4) is 0 Å². The van der Waals surface area contributed by atoms with E-state index in [1.54, 1.807) is 4.68 Å². The van der Waals surface area contributed by atoms with Crippen molar-refractivity contribution < 1.29 is 9.53 Å². The Labute approximate surface area is 129 Å². The van der Waals surface area contributed by atoms with E-state index in [0.29, 0.717) is 12.1 Å². The number of Topliss-reactive ketones (excluding diaryl/α,β-unsaturated/α-hetero) is 1. The van der Waals surface area contributed by atoms with Crippen LogP contribution in [-0.2, 0) is 11.8 Å². The molecule has 5 heteroatoms. The van der Waals surface area contributed by atoms with Crippen molar-refractivity contribution in [1.29, 1.82) is 0 Å². The summed E-state index contributed by atoms with van der Waals surface area (Å²) in [6.07, 6.45) is 3.76. The van der Waals surface area contributed by atoms with Gasteiger partial charge >= 0.3 is 0 Å². The number of aromatic nitrogens is 2. The first-order chi connectivity index (χ1) is 10.6. The maximum absolute atomic E-state index is 12.9. The zero-order valence-electron chi connectivity index (χ0n) is 13.0. The van der Waals surface area contributed by atoms with Crippen LogP contribution in [0.25, 0.3) is 10.9 Å². The molecule has 116 valence electrons. The molecule has 2 aliphatic rings. The van der Waals surface area contributed by atoms with E-state index in [1.807, 2.05) is 31.4 Å². The molecule has 0 amide bonds. The van der Waals surface area contributed by atoms with Crippen molar-refractivity contribution in [2.24, 2.45) is 13.0 Å². The number of likely N-dealkylation sites (N-methyl/N-ethyl adjacent to an activating group) is 1. The molecule has 0 radical (unpaired) electrons. The van der Waals surface area contributed by atoms with Gasteiger partial charge in [0, 0.05) is 42.2 Å². The fourth-order valence-corrected chi connectivity index (χ4v) is 3.84. The zero-order chi connectivity index (χ0) is 15.3. The molecule has 0 saturated carbocycles. The predicted octanol–water partition coefficient (Wildman–Crippen LogP) is 1.87. The summed E-state index contributed by atoms with van der Waals surface area (Å²) in [5.41, 5.74) is 1.68. The number of nitrogens with zero attached hydrogens (tertiary/aromatic N) is 3. The van der Waals surface area contributed by atoms with Gasteiger partial charge < -0.3 is 4.74 Å². The van der Waals surface area contributed by atoms with Gasteiger partial charge in [0.1, 0.15) is 0 Å². The van der Waals surface area contributed by atoms with Crippen molar-refractivity contribution in [2.45, 2.75) is 24.9 Å². The first kappa shape index (κ1) is 13.9. The molecule has 2 aliphatic heterocycles. The smallest absolute Gasteiger partial charge is 0.166 e. The number of piperidine rings is 1. The van der Waals surface area contributed by atoms with Crippen molar-refractivity contribution in [2.75, 3.05) is 20.3 Å². The molecule has 2 atom stereocenters. The third-order valence-electron chi connectivity index (χ3n) is 5.16. The maximum atomic E-state index is 12.9. The van der Waals surface area contributed by atoms with Crippen LogP contribution in [0, 0.1) is 5.92 Å². The summed E-state index contributed by atoms with van der Waals surface area (Å²) in [7, 11) is 4.05. The minimum absolute atomic E-state index is 0.108. The van der Waals surface area contributed by atoms with Crippen LogP contribution in [0.3, 0.4) is 0 Å². The summed E-state index contributed by atoms with van der Waals surface area (Å²) >= 11 is 0. The molecule has 2 bridgehead atoms. The summed E-state index contributed by atoms with van der Waals surface area (Å²) in [6, 6.07) is 6.62. The molecule has 5 nitrogen and oxygen atoms in total. The molecule has 2 saturated heterocycles. The highest BCUT2D eigenvalue weighted by atomic mass is 16.5. The number of carbonyl (C=O) groups is 1. The van der Waals surface area contributed by atoms with Gasteiger partial charge in [-0.1, -0.05) is 12.1 Å². The third-order valence-corrected chi connectivity index (χ3v) is 5.16. The van der Waals surface area contributed by atoms with Gasteiger partial charge in [0.25, 0.3) is 0 Å². The molecular weight excluding hydrogens is 278 g/mol. The van der Waals surface area contributed by atoms with Gasteiger partial charge in [-0.15, -0.1) is 0 Å². The average Bonchev–Trinajstić information content (AvgIpc) is 2.85. The summed E-state index contributed by atoms with van der Waals surface area (Å²) in [4.78, 5) is 15.3. The lowest BCUT2D eigenvalue weighted by atomic mass is 9.81. The normalized spacial score (nSPS) is 28.9. The molecule has 3 heterocycles. The van der Waals surface area contributed by atoms with E-state index in [-0.39, 0.29) is 11.7 Å². The van der Waals surface area contributed by atoms with Crippen LogP contribution in [0.15, 0.2) is 24.4 Å².